The Morgan fingerprint density at radius 1 is 1.57 bits per heavy atom. The van der Waals surface area contributed by atoms with Gasteiger partial charge in [0.2, 0.25) is 5.91 Å². The normalized spacial score (nSPS) is 21.2. The first kappa shape index (κ1) is 18.0. The van der Waals surface area contributed by atoms with E-state index in [1.165, 1.54) is 12.8 Å². The highest BCUT2D eigenvalue weighted by molar-refractivity contribution is 5.85. The third-order valence-corrected chi connectivity index (χ3v) is 4.25. The van der Waals surface area contributed by atoms with Crippen molar-refractivity contribution in [1.29, 1.82) is 0 Å². The number of hydrogen-bond donors (Lipinski definition) is 2. The number of rotatable bonds is 5. The zero-order valence-electron chi connectivity index (χ0n) is 13.1. The molecule has 5 nitrogen and oxygen atoms in total. The lowest BCUT2D eigenvalue weighted by atomic mass is 9.85. The largest absolute Gasteiger partial charge is 0.349 e. The molecule has 21 heavy (non-hydrogen) atoms. The molecule has 2 N–H and O–H groups in total. The van der Waals surface area contributed by atoms with Crippen LogP contribution in [0.25, 0.3) is 0 Å². The molecule has 0 saturated carbocycles. The van der Waals surface area contributed by atoms with Gasteiger partial charge in [0.1, 0.15) is 0 Å². The van der Waals surface area contributed by atoms with E-state index in [2.05, 4.69) is 22.7 Å². The zero-order valence-corrected chi connectivity index (χ0v) is 13.9. The van der Waals surface area contributed by atoms with E-state index < -0.39 is 0 Å². The minimum Gasteiger partial charge on any atom is -0.349 e. The Morgan fingerprint density at radius 2 is 2.33 bits per heavy atom. The van der Waals surface area contributed by atoms with Crippen LogP contribution in [0.5, 0.6) is 0 Å². The Hall–Kier alpha value is -1.07. The molecule has 3 atom stereocenters. The molecule has 0 aliphatic carbocycles. The van der Waals surface area contributed by atoms with E-state index in [1.54, 1.807) is 10.9 Å². The summed E-state index contributed by atoms with van der Waals surface area (Å²) in [4.78, 5) is 12.1. The summed E-state index contributed by atoms with van der Waals surface area (Å²) in [6, 6.07) is 0.0212. The second-order valence-corrected chi connectivity index (χ2v) is 6.02. The van der Waals surface area contributed by atoms with Crippen molar-refractivity contribution in [3.63, 3.8) is 0 Å². The summed E-state index contributed by atoms with van der Waals surface area (Å²) >= 11 is 0. The van der Waals surface area contributed by atoms with Gasteiger partial charge in [-0.3, -0.25) is 9.48 Å². The Labute approximate surface area is 133 Å². The molecule has 120 valence electrons. The first-order valence-electron chi connectivity index (χ1n) is 7.55. The molecule has 1 aromatic rings. The van der Waals surface area contributed by atoms with Gasteiger partial charge in [-0.25, -0.2) is 0 Å². The highest BCUT2D eigenvalue weighted by Crippen LogP contribution is 2.22. The van der Waals surface area contributed by atoms with E-state index in [0.29, 0.717) is 18.3 Å². The van der Waals surface area contributed by atoms with Gasteiger partial charge >= 0.3 is 0 Å². The lowest BCUT2D eigenvalue weighted by Crippen LogP contribution is -2.36. The number of aromatic nitrogens is 2. The fraction of sp³-hybridized carbons (Fsp3) is 0.733. The van der Waals surface area contributed by atoms with Crippen molar-refractivity contribution >= 4 is 18.3 Å². The molecule has 1 aliphatic heterocycles. The van der Waals surface area contributed by atoms with Crippen molar-refractivity contribution in [3.8, 4) is 0 Å². The van der Waals surface area contributed by atoms with Gasteiger partial charge in [0.15, 0.2) is 0 Å². The number of carbonyl (C=O) groups is 1. The summed E-state index contributed by atoms with van der Waals surface area (Å²) in [5, 5.41) is 10.6. The van der Waals surface area contributed by atoms with Crippen LogP contribution in [0, 0.1) is 11.8 Å². The Balaban J connectivity index is 0.00000220. The maximum atomic E-state index is 12.1. The van der Waals surface area contributed by atoms with E-state index in [-0.39, 0.29) is 24.4 Å². The molecule has 1 saturated heterocycles. The molecule has 0 spiro atoms. The van der Waals surface area contributed by atoms with E-state index in [0.717, 1.165) is 18.7 Å². The minimum atomic E-state index is 0. The van der Waals surface area contributed by atoms with E-state index in [1.807, 2.05) is 20.2 Å². The molecule has 1 aliphatic rings. The maximum absolute atomic E-state index is 12.1. The van der Waals surface area contributed by atoms with Crippen LogP contribution in [-0.2, 0) is 11.8 Å². The molecular formula is C15H27ClN4O. The molecule has 0 bridgehead atoms. The number of hydrogen-bond acceptors (Lipinski definition) is 3. The Kier molecular flexibility index (Phi) is 7.18. The lowest BCUT2D eigenvalue weighted by molar-refractivity contribution is -0.123. The fourth-order valence-corrected chi connectivity index (χ4v) is 2.87. The monoisotopic (exact) mass is 314 g/mol. The smallest absolute Gasteiger partial charge is 0.220 e. The topological polar surface area (TPSA) is 59.0 Å². The van der Waals surface area contributed by atoms with E-state index in [9.17, 15) is 4.79 Å². The Bertz CT molecular complexity index is 443. The summed E-state index contributed by atoms with van der Waals surface area (Å²) < 4.78 is 1.76. The molecule has 1 aromatic heterocycles. The highest BCUT2D eigenvalue weighted by Gasteiger charge is 2.22. The number of nitrogens with one attached hydrogen (secondary N) is 2. The van der Waals surface area contributed by atoms with Crippen molar-refractivity contribution in [2.24, 2.45) is 18.9 Å². The maximum Gasteiger partial charge on any atom is 0.220 e. The van der Waals surface area contributed by atoms with Crippen LogP contribution in [0.4, 0.5) is 0 Å². The summed E-state index contributed by atoms with van der Waals surface area (Å²) in [6.07, 6.45) is 6.82. The van der Waals surface area contributed by atoms with Crippen molar-refractivity contribution in [3.05, 3.63) is 18.0 Å². The van der Waals surface area contributed by atoms with Crippen LogP contribution in [0.15, 0.2) is 12.4 Å². The standard InChI is InChI=1S/C15H26N4O.ClH/c1-11(13-5-4-6-16-8-13)7-15(20)18-12(2)14-9-17-19(3)10-14;/h9-13,16H,4-8H2,1-3H3,(H,18,20);1H. The number of amides is 1. The van der Waals surface area contributed by atoms with Gasteiger partial charge in [0.25, 0.3) is 0 Å². The van der Waals surface area contributed by atoms with Crippen molar-refractivity contribution in [2.75, 3.05) is 13.1 Å². The number of nitrogens with zero attached hydrogens (tertiary/aromatic N) is 2. The molecule has 2 heterocycles. The first-order chi connectivity index (χ1) is 9.56. The van der Waals surface area contributed by atoms with E-state index in [4.69, 9.17) is 0 Å². The summed E-state index contributed by atoms with van der Waals surface area (Å²) in [5.74, 6) is 1.20. The van der Waals surface area contributed by atoms with Crippen LogP contribution >= 0.6 is 12.4 Å². The molecule has 0 radical (unpaired) electrons. The van der Waals surface area contributed by atoms with E-state index >= 15 is 0 Å². The third-order valence-electron chi connectivity index (χ3n) is 4.25. The van der Waals surface area contributed by atoms with Crippen LogP contribution < -0.4 is 10.6 Å². The minimum absolute atomic E-state index is 0. The van der Waals surface area contributed by atoms with Gasteiger partial charge in [0.05, 0.1) is 12.2 Å². The quantitative estimate of drug-likeness (QED) is 0.874. The second kappa shape index (κ2) is 8.39. The van der Waals surface area contributed by atoms with Gasteiger partial charge in [-0.15, -0.1) is 12.4 Å². The van der Waals surface area contributed by atoms with Gasteiger partial charge in [-0.05, 0) is 44.7 Å². The number of piperidine rings is 1. The van der Waals surface area contributed by atoms with Crippen LogP contribution in [0.1, 0.15) is 44.7 Å². The highest BCUT2D eigenvalue weighted by atomic mass is 35.5. The predicted molar refractivity (Wildman–Crippen MR) is 86.4 cm³/mol. The van der Waals surface area contributed by atoms with Gasteiger partial charge < -0.3 is 10.6 Å². The number of aryl methyl sites for hydroxylation is 1. The van der Waals surface area contributed by atoms with Gasteiger partial charge in [-0.1, -0.05) is 6.92 Å². The Morgan fingerprint density at radius 3 is 2.90 bits per heavy atom. The van der Waals surface area contributed by atoms with Gasteiger partial charge in [-0.2, -0.15) is 5.10 Å². The summed E-state index contributed by atoms with van der Waals surface area (Å²) in [7, 11) is 1.89. The number of halogens is 1. The van der Waals surface area contributed by atoms with Crippen molar-refractivity contribution in [1.82, 2.24) is 20.4 Å². The molecule has 2 rings (SSSR count). The molecule has 1 fully saturated rings. The first-order valence-corrected chi connectivity index (χ1v) is 7.55. The van der Waals surface area contributed by atoms with Crippen LogP contribution in [-0.4, -0.2) is 28.8 Å². The molecule has 0 aromatic carbocycles. The molecule has 3 unspecified atom stereocenters. The van der Waals surface area contributed by atoms with Gasteiger partial charge in [0, 0.05) is 25.2 Å². The average Bonchev–Trinajstić information content (AvgIpc) is 2.86. The number of carbonyl (C=O) groups excluding carboxylic acids is 1. The van der Waals surface area contributed by atoms with Crippen molar-refractivity contribution < 1.29 is 4.79 Å². The van der Waals surface area contributed by atoms with Crippen molar-refractivity contribution in [2.45, 2.75) is 39.2 Å². The molecule has 6 heteroatoms. The lowest BCUT2D eigenvalue weighted by Gasteiger charge is -2.28. The summed E-state index contributed by atoms with van der Waals surface area (Å²) in [5.41, 5.74) is 1.05. The summed E-state index contributed by atoms with van der Waals surface area (Å²) in [6.45, 7) is 6.35. The molecular weight excluding hydrogens is 288 g/mol. The van der Waals surface area contributed by atoms with Crippen LogP contribution in [0.2, 0.25) is 0 Å². The SMILES string of the molecule is CC(NC(=O)CC(C)C1CCCNC1)c1cnn(C)c1.Cl. The third kappa shape index (κ3) is 5.32. The van der Waals surface area contributed by atoms with Crippen LogP contribution in [0.3, 0.4) is 0 Å². The average molecular weight is 315 g/mol. The predicted octanol–water partition coefficient (Wildman–Crippen LogP) is 2.04. The molecule has 1 amide bonds. The second-order valence-electron chi connectivity index (χ2n) is 6.02. The fourth-order valence-electron chi connectivity index (χ4n) is 2.87. The zero-order chi connectivity index (χ0) is 14.5.